The third-order valence-electron chi connectivity index (χ3n) is 3.56. The van der Waals surface area contributed by atoms with Gasteiger partial charge < -0.3 is 10.4 Å². The fourth-order valence-electron chi connectivity index (χ4n) is 2.14. The molecular weight excluding hydrogens is 278 g/mol. The standard InChI is InChI=1S/C17H23N3O2/c1-11-9-14(20-19-11)16(22)18-10-15(21)12-5-7-13(8-6-12)17(2,3)4/h5-9,15,21H,10H2,1-4H3,(H,18,22)(H,19,20). The predicted octanol–water partition coefficient (Wildman–Crippen LogP) is 2.48. The number of aromatic amines is 1. The third kappa shape index (κ3) is 3.95. The van der Waals surface area contributed by atoms with Crippen LogP contribution in [-0.2, 0) is 5.41 Å². The SMILES string of the molecule is Cc1cc(C(=O)NCC(O)c2ccc(C(C)(C)C)cc2)n[nH]1. The highest BCUT2D eigenvalue weighted by Crippen LogP contribution is 2.23. The van der Waals surface area contributed by atoms with E-state index < -0.39 is 6.10 Å². The first-order chi connectivity index (χ1) is 10.3. The number of benzene rings is 1. The summed E-state index contributed by atoms with van der Waals surface area (Å²) in [6.07, 6.45) is -0.738. The van der Waals surface area contributed by atoms with Crippen molar-refractivity contribution in [1.29, 1.82) is 0 Å². The van der Waals surface area contributed by atoms with Crippen molar-refractivity contribution in [3.8, 4) is 0 Å². The van der Waals surface area contributed by atoms with Crippen LogP contribution in [0.25, 0.3) is 0 Å². The predicted molar refractivity (Wildman–Crippen MR) is 85.8 cm³/mol. The molecule has 2 aromatic rings. The lowest BCUT2D eigenvalue weighted by Crippen LogP contribution is -2.28. The van der Waals surface area contributed by atoms with Gasteiger partial charge in [0.05, 0.1) is 6.10 Å². The number of amides is 1. The largest absolute Gasteiger partial charge is 0.387 e. The van der Waals surface area contributed by atoms with Gasteiger partial charge in [-0.2, -0.15) is 5.10 Å². The van der Waals surface area contributed by atoms with Crippen LogP contribution in [0.15, 0.2) is 30.3 Å². The van der Waals surface area contributed by atoms with Crippen LogP contribution >= 0.6 is 0 Å². The minimum Gasteiger partial charge on any atom is -0.387 e. The smallest absolute Gasteiger partial charge is 0.271 e. The van der Waals surface area contributed by atoms with E-state index >= 15 is 0 Å². The molecule has 0 radical (unpaired) electrons. The van der Waals surface area contributed by atoms with Crippen molar-refractivity contribution in [2.75, 3.05) is 6.54 Å². The van der Waals surface area contributed by atoms with Crippen LogP contribution in [0.3, 0.4) is 0 Å². The first-order valence-corrected chi connectivity index (χ1v) is 7.36. The second kappa shape index (κ2) is 6.32. The number of aliphatic hydroxyl groups excluding tert-OH is 1. The van der Waals surface area contributed by atoms with Crippen molar-refractivity contribution in [2.45, 2.75) is 39.2 Å². The van der Waals surface area contributed by atoms with Crippen molar-refractivity contribution in [3.05, 3.63) is 52.8 Å². The van der Waals surface area contributed by atoms with Crippen LogP contribution in [0, 0.1) is 6.92 Å². The Morgan fingerprint density at radius 3 is 2.45 bits per heavy atom. The Morgan fingerprint density at radius 2 is 1.95 bits per heavy atom. The number of carbonyl (C=O) groups excluding carboxylic acids is 1. The van der Waals surface area contributed by atoms with E-state index in [0.29, 0.717) is 5.69 Å². The number of hydrogen-bond acceptors (Lipinski definition) is 3. The highest BCUT2D eigenvalue weighted by atomic mass is 16.3. The lowest BCUT2D eigenvalue weighted by atomic mass is 9.86. The lowest BCUT2D eigenvalue weighted by molar-refractivity contribution is 0.0911. The fraction of sp³-hybridized carbons (Fsp3) is 0.412. The number of aliphatic hydroxyl groups is 1. The topological polar surface area (TPSA) is 78.0 Å². The molecule has 2 rings (SSSR count). The van der Waals surface area contributed by atoms with Crippen LogP contribution in [0.2, 0.25) is 0 Å². The molecular formula is C17H23N3O2. The van der Waals surface area contributed by atoms with E-state index in [-0.39, 0.29) is 17.9 Å². The van der Waals surface area contributed by atoms with Gasteiger partial charge in [0.15, 0.2) is 0 Å². The van der Waals surface area contributed by atoms with E-state index in [4.69, 9.17) is 0 Å². The molecule has 0 aliphatic rings. The highest BCUT2D eigenvalue weighted by Gasteiger charge is 2.16. The zero-order valence-corrected chi connectivity index (χ0v) is 13.5. The Bertz CT molecular complexity index is 639. The van der Waals surface area contributed by atoms with E-state index in [1.807, 2.05) is 31.2 Å². The summed E-state index contributed by atoms with van der Waals surface area (Å²) < 4.78 is 0. The molecule has 0 spiro atoms. The number of carbonyl (C=O) groups is 1. The fourth-order valence-corrected chi connectivity index (χ4v) is 2.14. The summed E-state index contributed by atoms with van der Waals surface area (Å²) in [4.78, 5) is 11.9. The highest BCUT2D eigenvalue weighted by molar-refractivity contribution is 5.92. The molecule has 118 valence electrons. The van der Waals surface area contributed by atoms with E-state index in [2.05, 4.69) is 36.3 Å². The van der Waals surface area contributed by atoms with E-state index in [1.54, 1.807) is 6.07 Å². The zero-order chi connectivity index (χ0) is 16.3. The van der Waals surface area contributed by atoms with Crippen LogP contribution in [0.1, 0.15) is 54.2 Å². The molecule has 0 bridgehead atoms. The molecule has 1 heterocycles. The second-order valence-electron chi connectivity index (χ2n) is 6.53. The molecule has 1 aromatic carbocycles. The summed E-state index contributed by atoms with van der Waals surface area (Å²) >= 11 is 0. The number of aromatic nitrogens is 2. The van der Waals surface area contributed by atoms with Gasteiger partial charge in [-0.15, -0.1) is 0 Å². The summed E-state index contributed by atoms with van der Waals surface area (Å²) in [5, 5.41) is 19.5. The van der Waals surface area contributed by atoms with Crippen LogP contribution < -0.4 is 5.32 Å². The molecule has 3 N–H and O–H groups in total. The van der Waals surface area contributed by atoms with E-state index in [0.717, 1.165) is 11.3 Å². The Balaban J connectivity index is 1.95. The molecule has 0 aliphatic carbocycles. The molecule has 5 nitrogen and oxygen atoms in total. The number of H-pyrrole nitrogens is 1. The van der Waals surface area contributed by atoms with E-state index in [9.17, 15) is 9.90 Å². The van der Waals surface area contributed by atoms with Crippen molar-refractivity contribution >= 4 is 5.91 Å². The quantitative estimate of drug-likeness (QED) is 0.812. The summed E-state index contributed by atoms with van der Waals surface area (Å²) in [5.74, 6) is -0.297. The third-order valence-corrected chi connectivity index (χ3v) is 3.56. The van der Waals surface area contributed by atoms with Gasteiger partial charge in [-0.25, -0.2) is 0 Å². The molecule has 0 fully saturated rings. The van der Waals surface area contributed by atoms with Gasteiger partial charge in [-0.05, 0) is 29.5 Å². The van der Waals surface area contributed by atoms with Gasteiger partial charge in [-0.1, -0.05) is 45.0 Å². The molecule has 0 aliphatic heterocycles. The number of hydrogen-bond donors (Lipinski definition) is 3. The monoisotopic (exact) mass is 301 g/mol. The molecule has 1 atom stereocenters. The van der Waals surface area contributed by atoms with Gasteiger partial charge in [0, 0.05) is 12.2 Å². The minimum atomic E-state index is -0.738. The zero-order valence-electron chi connectivity index (χ0n) is 13.5. The first kappa shape index (κ1) is 16.2. The average molecular weight is 301 g/mol. The first-order valence-electron chi connectivity index (χ1n) is 7.36. The number of nitrogens with zero attached hydrogens (tertiary/aromatic N) is 1. The van der Waals surface area contributed by atoms with Crippen molar-refractivity contribution in [1.82, 2.24) is 15.5 Å². The molecule has 1 unspecified atom stereocenters. The summed E-state index contributed by atoms with van der Waals surface area (Å²) in [5.41, 5.74) is 3.22. The summed E-state index contributed by atoms with van der Waals surface area (Å²) in [6.45, 7) is 8.41. The van der Waals surface area contributed by atoms with Gasteiger partial charge in [0.1, 0.15) is 5.69 Å². The maximum Gasteiger partial charge on any atom is 0.271 e. The molecule has 1 amide bonds. The number of nitrogens with one attached hydrogen (secondary N) is 2. The maximum absolute atomic E-state index is 11.9. The number of aryl methyl sites for hydroxylation is 1. The molecule has 0 saturated heterocycles. The van der Waals surface area contributed by atoms with Crippen LogP contribution in [-0.4, -0.2) is 27.8 Å². The van der Waals surface area contributed by atoms with E-state index in [1.165, 1.54) is 5.56 Å². The Morgan fingerprint density at radius 1 is 1.32 bits per heavy atom. The van der Waals surface area contributed by atoms with Crippen LogP contribution in [0.5, 0.6) is 0 Å². The van der Waals surface area contributed by atoms with Gasteiger partial charge in [0.25, 0.3) is 5.91 Å². The van der Waals surface area contributed by atoms with Crippen molar-refractivity contribution in [2.24, 2.45) is 0 Å². The Kier molecular flexibility index (Phi) is 4.66. The molecule has 5 heteroatoms. The Labute approximate surface area is 130 Å². The minimum absolute atomic E-state index is 0.0789. The van der Waals surface area contributed by atoms with Crippen LogP contribution in [0.4, 0.5) is 0 Å². The van der Waals surface area contributed by atoms with Gasteiger partial charge in [0.2, 0.25) is 0 Å². The second-order valence-corrected chi connectivity index (χ2v) is 6.53. The Hall–Kier alpha value is -2.14. The molecule has 1 aromatic heterocycles. The van der Waals surface area contributed by atoms with Gasteiger partial charge >= 0.3 is 0 Å². The average Bonchev–Trinajstić information content (AvgIpc) is 2.90. The lowest BCUT2D eigenvalue weighted by Gasteiger charge is -2.20. The molecule has 0 saturated carbocycles. The maximum atomic E-state index is 11.9. The van der Waals surface area contributed by atoms with Crippen molar-refractivity contribution < 1.29 is 9.90 Å². The molecule has 22 heavy (non-hydrogen) atoms. The summed E-state index contributed by atoms with van der Waals surface area (Å²) in [7, 11) is 0. The summed E-state index contributed by atoms with van der Waals surface area (Å²) in [6, 6.07) is 9.49. The van der Waals surface area contributed by atoms with Crippen molar-refractivity contribution in [3.63, 3.8) is 0 Å². The normalized spacial score (nSPS) is 13.0. The number of rotatable bonds is 4. The van der Waals surface area contributed by atoms with Gasteiger partial charge in [-0.3, -0.25) is 9.89 Å².